The van der Waals surface area contributed by atoms with Gasteiger partial charge in [0.2, 0.25) is 0 Å². The molecule has 0 spiro atoms. The average Bonchev–Trinajstić information content (AvgIpc) is 2.78. The van der Waals surface area contributed by atoms with Gasteiger partial charge in [0.15, 0.2) is 0 Å². The van der Waals surface area contributed by atoms with E-state index in [2.05, 4.69) is 39.8 Å². The van der Waals surface area contributed by atoms with Gasteiger partial charge >= 0.3 is 5.97 Å². The minimum atomic E-state index is -0.331. The highest BCUT2D eigenvalue weighted by Crippen LogP contribution is 2.26. The monoisotopic (exact) mass is 410 g/mol. The van der Waals surface area contributed by atoms with Gasteiger partial charge in [0.25, 0.3) is 0 Å². The maximum absolute atomic E-state index is 12.5. The summed E-state index contributed by atoms with van der Waals surface area (Å²) in [5.41, 5.74) is 2.94. The lowest BCUT2D eigenvalue weighted by molar-refractivity contribution is 0.0626. The molecule has 0 bridgehead atoms. The summed E-state index contributed by atoms with van der Waals surface area (Å²) in [7, 11) is 0. The molecule has 3 nitrogen and oxygen atoms in total. The number of carbonyl (C=O) groups is 1. The topological polar surface area (TPSA) is 35.5 Å². The van der Waals surface area contributed by atoms with E-state index in [1.54, 1.807) is 0 Å². The molecule has 0 aromatic heterocycles. The number of carbonyl (C=O) groups excluding carboxylic acids is 1. The average molecular weight is 411 g/mol. The Kier molecular flexibility index (Phi) is 10.6. The van der Waals surface area contributed by atoms with Crippen molar-refractivity contribution in [3.05, 3.63) is 65.2 Å². The lowest BCUT2D eigenvalue weighted by atomic mass is 9.92. The van der Waals surface area contributed by atoms with Crippen LogP contribution in [0, 0.1) is 0 Å². The van der Waals surface area contributed by atoms with Crippen molar-refractivity contribution in [1.29, 1.82) is 0 Å². The van der Waals surface area contributed by atoms with Gasteiger partial charge in [-0.2, -0.15) is 0 Å². The van der Waals surface area contributed by atoms with Gasteiger partial charge < -0.3 is 9.47 Å². The SMILES string of the molecule is CCCCCCOC(C)c1ccc(C(=O)Oc2ccc(C(CC)CCC)cc2)cc1. The Morgan fingerprint density at radius 2 is 1.50 bits per heavy atom. The number of unbranched alkanes of at least 4 members (excludes halogenated alkanes) is 3. The first-order valence-corrected chi connectivity index (χ1v) is 11.6. The van der Waals surface area contributed by atoms with E-state index in [1.165, 1.54) is 37.7 Å². The third-order valence-electron chi connectivity index (χ3n) is 5.67. The Morgan fingerprint density at radius 1 is 0.833 bits per heavy atom. The fraction of sp³-hybridized carbons (Fsp3) is 0.519. The van der Waals surface area contributed by atoms with Crippen LogP contribution in [0.25, 0.3) is 0 Å². The van der Waals surface area contributed by atoms with Crippen molar-refractivity contribution in [2.75, 3.05) is 6.61 Å². The summed E-state index contributed by atoms with van der Waals surface area (Å²) in [6.07, 6.45) is 8.31. The molecule has 0 amide bonds. The maximum atomic E-state index is 12.5. The van der Waals surface area contributed by atoms with Crippen LogP contribution in [0.15, 0.2) is 48.5 Å². The third-order valence-corrected chi connectivity index (χ3v) is 5.67. The van der Waals surface area contributed by atoms with Crippen LogP contribution in [-0.4, -0.2) is 12.6 Å². The van der Waals surface area contributed by atoms with Gasteiger partial charge in [-0.1, -0.05) is 70.7 Å². The predicted molar refractivity (Wildman–Crippen MR) is 124 cm³/mol. The van der Waals surface area contributed by atoms with Gasteiger partial charge in [0.05, 0.1) is 11.7 Å². The Labute approximate surface area is 182 Å². The first-order chi connectivity index (χ1) is 14.6. The molecule has 2 aromatic rings. The van der Waals surface area contributed by atoms with Crippen LogP contribution in [0.4, 0.5) is 0 Å². The van der Waals surface area contributed by atoms with E-state index in [-0.39, 0.29) is 12.1 Å². The highest BCUT2D eigenvalue weighted by Gasteiger charge is 2.12. The summed E-state index contributed by atoms with van der Waals surface area (Å²) >= 11 is 0. The van der Waals surface area contributed by atoms with E-state index in [9.17, 15) is 4.79 Å². The van der Waals surface area contributed by atoms with Gasteiger partial charge in [-0.25, -0.2) is 4.79 Å². The first kappa shape index (κ1) is 24.1. The zero-order valence-corrected chi connectivity index (χ0v) is 19.2. The molecule has 30 heavy (non-hydrogen) atoms. The Morgan fingerprint density at radius 3 is 2.10 bits per heavy atom. The summed E-state index contributed by atoms with van der Waals surface area (Å²) in [6.45, 7) is 9.47. The van der Waals surface area contributed by atoms with E-state index in [1.807, 2.05) is 36.4 Å². The number of hydrogen-bond acceptors (Lipinski definition) is 3. The standard InChI is InChI=1S/C27H38O3/c1-5-8-9-10-20-29-21(4)23-12-14-25(15-13-23)27(28)30-26-18-16-24(17-19-26)22(7-3)11-6-2/h12-19,21-22H,5-11,20H2,1-4H3. The number of ether oxygens (including phenoxy) is 2. The fourth-order valence-electron chi connectivity index (χ4n) is 3.70. The van der Waals surface area contributed by atoms with Crippen LogP contribution in [0.1, 0.15) is 106 Å². The molecule has 0 saturated carbocycles. The molecule has 2 unspecified atom stereocenters. The molecule has 0 aliphatic carbocycles. The molecule has 0 saturated heterocycles. The molecule has 3 heteroatoms. The molecule has 0 heterocycles. The van der Waals surface area contributed by atoms with Crippen molar-refractivity contribution < 1.29 is 14.3 Å². The summed E-state index contributed by atoms with van der Waals surface area (Å²) in [5.74, 6) is 0.828. The smallest absolute Gasteiger partial charge is 0.343 e. The fourth-order valence-corrected chi connectivity index (χ4v) is 3.70. The predicted octanol–water partition coefficient (Wildman–Crippen LogP) is 7.86. The van der Waals surface area contributed by atoms with Crippen LogP contribution in [0.2, 0.25) is 0 Å². The van der Waals surface area contributed by atoms with Crippen molar-refractivity contribution in [3.8, 4) is 5.75 Å². The second-order valence-corrected chi connectivity index (χ2v) is 8.05. The molecule has 2 atom stereocenters. The Bertz CT molecular complexity index is 734. The molecule has 164 valence electrons. The highest BCUT2D eigenvalue weighted by molar-refractivity contribution is 5.91. The van der Waals surface area contributed by atoms with Gasteiger partial charge in [-0.15, -0.1) is 0 Å². The van der Waals surface area contributed by atoms with Crippen molar-refractivity contribution in [2.45, 2.75) is 84.7 Å². The molecule has 2 aromatic carbocycles. The van der Waals surface area contributed by atoms with Crippen molar-refractivity contribution in [3.63, 3.8) is 0 Å². The largest absolute Gasteiger partial charge is 0.423 e. The van der Waals surface area contributed by atoms with Crippen LogP contribution in [-0.2, 0) is 4.74 Å². The van der Waals surface area contributed by atoms with Gasteiger partial charge in [0.1, 0.15) is 5.75 Å². The van der Waals surface area contributed by atoms with E-state index in [0.29, 0.717) is 17.2 Å². The zero-order valence-electron chi connectivity index (χ0n) is 19.2. The summed E-state index contributed by atoms with van der Waals surface area (Å²) in [6, 6.07) is 15.5. The molecule has 0 aliphatic heterocycles. The van der Waals surface area contributed by atoms with Crippen LogP contribution >= 0.6 is 0 Å². The van der Waals surface area contributed by atoms with E-state index in [4.69, 9.17) is 9.47 Å². The second-order valence-electron chi connectivity index (χ2n) is 8.05. The van der Waals surface area contributed by atoms with Gasteiger partial charge in [-0.3, -0.25) is 0 Å². The van der Waals surface area contributed by atoms with Crippen LogP contribution in [0.5, 0.6) is 5.75 Å². The zero-order chi connectivity index (χ0) is 21.8. The number of benzene rings is 2. The second kappa shape index (κ2) is 13.2. The van der Waals surface area contributed by atoms with Crippen molar-refractivity contribution >= 4 is 5.97 Å². The van der Waals surface area contributed by atoms with Crippen LogP contribution < -0.4 is 4.74 Å². The van der Waals surface area contributed by atoms with E-state index < -0.39 is 0 Å². The molecular formula is C27H38O3. The maximum Gasteiger partial charge on any atom is 0.343 e. The number of esters is 1. The normalized spacial score (nSPS) is 13.1. The minimum Gasteiger partial charge on any atom is -0.423 e. The molecule has 0 N–H and O–H groups in total. The Balaban J connectivity index is 1.88. The lowest BCUT2D eigenvalue weighted by Crippen LogP contribution is -2.09. The molecule has 0 aliphatic rings. The number of hydrogen-bond donors (Lipinski definition) is 0. The summed E-state index contributed by atoms with van der Waals surface area (Å²) in [4.78, 5) is 12.5. The van der Waals surface area contributed by atoms with Crippen molar-refractivity contribution in [1.82, 2.24) is 0 Å². The first-order valence-electron chi connectivity index (χ1n) is 11.6. The molecule has 0 radical (unpaired) electrons. The van der Waals surface area contributed by atoms with Crippen LogP contribution in [0.3, 0.4) is 0 Å². The molecule has 0 fully saturated rings. The quantitative estimate of drug-likeness (QED) is 0.191. The number of rotatable bonds is 13. The summed E-state index contributed by atoms with van der Waals surface area (Å²) in [5, 5.41) is 0. The van der Waals surface area contributed by atoms with E-state index in [0.717, 1.165) is 25.0 Å². The Hall–Kier alpha value is -2.13. The van der Waals surface area contributed by atoms with E-state index >= 15 is 0 Å². The molecule has 2 rings (SSSR count). The van der Waals surface area contributed by atoms with Gasteiger partial charge in [0, 0.05) is 6.61 Å². The third kappa shape index (κ3) is 7.60. The molecular weight excluding hydrogens is 372 g/mol. The summed E-state index contributed by atoms with van der Waals surface area (Å²) < 4.78 is 11.5. The lowest BCUT2D eigenvalue weighted by Gasteiger charge is -2.15. The highest BCUT2D eigenvalue weighted by atomic mass is 16.5. The van der Waals surface area contributed by atoms with Gasteiger partial charge in [-0.05, 0) is 67.5 Å². The van der Waals surface area contributed by atoms with Crippen molar-refractivity contribution in [2.24, 2.45) is 0 Å². The minimum absolute atomic E-state index is 0.0267.